The summed E-state index contributed by atoms with van der Waals surface area (Å²) in [6.45, 7) is 1.09. The molecule has 1 aliphatic rings. The molecule has 0 saturated carbocycles. The minimum atomic E-state index is -0.149. The standard InChI is InChI=1S/C19H19N5O3/c1-27-19-20-9-13(10-21-19)17(25)23-8-4-5-14(11-23)24-12-22-16-7-3-2-6-15(16)18(24)26/h2-3,6-7,9-10,12,14H,4-5,8,11H2,1H3/t14-/m0/s1. The van der Waals surface area contributed by atoms with Crippen molar-refractivity contribution in [3.8, 4) is 6.01 Å². The van der Waals surface area contributed by atoms with Crippen LogP contribution in [0.15, 0.2) is 47.8 Å². The van der Waals surface area contributed by atoms with E-state index in [-0.39, 0.29) is 23.5 Å². The fraction of sp³-hybridized carbons (Fsp3) is 0.316. The molecule has 0 unspecified atom stereocenters. The Bertz CT molecular complexity index is 1030. The molecular formula is C19H19N5O3. The first kappa shape index (κ1) is 17.1. The first-order valence-corrected chi connectivity index (χ1v) is 8.78. The van der Waals surface area contributed by atoms with E-state index in [4.69, 9.17) is 4.74 Å². The molecule has 1 aliphatic heterocycles. The summed E-state index contributed by atoms with van der Waals surface area (Å²) in [5.41, 5.74) is 1.01. The lowest BCUT2D eigenvalue weighted by Crippen LogP contribution is -2.43. The van der Waals surface area contributed by atoms with Crippen LogP contribution < -0.4 is 10.3 Å². The monoisotopic (exact) mass is 365 g/mol. The summed E-state index contributed by atoms with van der Waals surface area (Å²) in [6.07, 6.45) is 6.14. The highest BCUT2D eigenvalue weighted by Gasteiger charge is 2.27. The molecule has 3 heterocycles. The van der Waals surface area contributed by atoms with Crippen LogP contribution in [0.3, 0.4) is 0 Å². The van der Waals surface area contributed by atoms with Gasteiger partial charge in [0.25, 0.3) is 11.5 Å². The van der Waals surface area contributed by atoms with Crippen LogP contribution in [0.5, 0.6) is 6.01 Å². The minimum Gasteiger partial charge on any atom is -0.467 e. The lowest BCUT2D eigenvalue weighted by atomic mass is 10.0. The average Bonchev–Trinajstić information content (AvgIpc) is 2.74. The molecule has 1 amide bonds. The van der Waals surface area contributed by atoms with Crippen LogP contribution in [0.25, 0.3) is 10.9 Å². The quantitative estimate of drug-likeness (QED) is 0.701. The van der Waals surface area contributed by atoms with E-state index in [0.29, 0.717) is 29.6 Å². The second kappa shape index (κ2) is 7.14. The van der Waals surface area contributed by atoms with Crippen LogP contribution in [0, 0.1) is 0 Å². The molecule has 1 aromatic carbocycles. The maximum atomic E-state index is 12.8. The molecule has 1 fully saturated rings. The number of aromatic nitrogens is 4. The molecule has 1 saturated heterocycles. The summed E-state index contributed by atoms with van der Waals surface area (Å²) in [4.78, 5) is 39.7. The van der Waals surface area contributed by atoms with Crippen molar-refractivity contribution in [1.82, 2.24) is 24.4 Å². The highest BCUT2D eigenvalue weighted by molar-refractivity contribution is 5.93. The number of hydrogen-bond donors (Lipinski definition) is 0. The van der Waals surface area contributed by atoms with E-state index in [9.17, 15) is 9.59 Å². The first-order valence-electron chi connectivity index (χ1n) is 8.78. The summed E-state index contributed by atoms with van der Waals surface area (Å²) >= 11 is 0. The summed E-state index contributed by atoms with van der Waals surface area (Å²) in [7, 11) is 1.47. The van der Waals surface area contributed by atoms with Crippen molar-refractivity contribution in [2.75, 3.05) is 20.2 Å². The van der Waals surface area contributed by atoms with Crippen molar-refractivity contribution in [1.29, 1.82) is 0 Å². The fourth-order valence-corrected chi connectivity index (χ4v) is 3.42. The first-order chi connectivity index (χ1) is 13.2. The van der Waals surface area contributed by atoms with Gasteiger partial charge in [-0.25, -0.2) is 15.0 Å². The van der Waals surface area contributed by atoms with Gasteiger partial charge >= 0.3 is 6.01 Å². The van der Waals surface area contributed by atoms with Gasteiger partial charge in [0.2, 0.25) is 0 Å². The number of methoxy groups -OCH3 is 1. The van der Waals surface area contributed by atoms with Crippen LogP contribution in [0.2, 0.25) is 0 Å². The van der Waals surface area contributed by atoms with Crippen molar-refractivity contribution >= 4 is 16.8 Å². The van der Waals surface area contributed by atoms with Crippen LogP contribution in [-0.2, 0) is 0 Å². The van der Waals surface area contributed by atoms with Crippen molar-refractivity contribution < 1.29 is 9.53 Å². The Morgan fingerprint density at radius 1 is 1.19 bits per heavy atom. The van der Waals surface area contributed by atoms with Gasteiger partial charge in [-0.1, -0.05) is 12.1 Å². The van der Waals surface area contributed by atoms with Crippen molar-refractivity contribution in [3.05, 3.63) is 58.9 Å². The number of benzene rings is 1. The molecule has 1 atom stereocenters. The van der Waals surface area contributed by atoms with Crippen molar-refractivity contribution in [3.63, 3.8) is 0 Å². The van der Waals surface area contributed by atoms with Gasteiger partial charge in [-0.05, 0) is 25.0 Å². The number of carbonyl (C=O) groups is 1. The topological polar surface area (TPSA) is 90.2 Å². The van der Waals surface area contributed by atoms with Gasteiger partial charge in [-0.3, -0.25) is 14.2 Å². The highest BCUT2D eigenvalue weighted by atomic mass is 16.5. The molecule has 0 radical (unpaired) electrons. The number of piperidine rings is 1. The van der Waals surface area contributed by atoms with E-state index < -0.39 is 0 Å². The lowest BCUT2D eigenvalue weighted by molar-refractivity contribution is 0.0676. The second-order valence-electron chi connectivity index (χ2n) is 6.48. The Morgan fingerprint density at radius 3 is 2.74 bits per heavy atom. The third-order valence-corrected chi connectivity index (χ3v) is 4.82. The molecule has 8 nitrogen and oxygen atoms in total. The number of hydrogen-bond acceptors (Lipinski definition) is 6. The van der Waals surface area contributed by atoms with Gasteiger partial charge in [-0.15, -0.1) is 0 Å². The Kier molecular flexibility index (Phi) is 4.53. The molecule has 4 rings (SSSR count). The Morgan fingerprint density at radius 2 is 1.96 bits per heavy atom. The van der Waals surface area contributed by atoms with Gasteiger partial charge in [0.15, 0.2) is 0 Å². The summed E-state index contributed by atoms with van der Waals surface area (Å²) < 4.78 is 6.57. The predicted octanol–water partition coefficient (Wildman–Crippen LogP) is 1.67. The van der Waals surface area contributed by atoms with Crippen LogP contribution in [0.4, 0.5) is 0 Å². The van der Waals surface area contributed by atoms with E-state index in [1.54, 1.807) is 21.9 Å². The normalized spacial score (nSPS) is 17.1. The summed E-state index contributed by atoms with van der Waals surface area (Å²) in [5, 5.41) is 0.590. The zero-order valence-electron chi connectivity index (χ0n) is 14.9. The zero-order chi connectivity index (χ0) is 18.8. The van der Waals surface area contributed by atoms with E-state index in [2.05, 4.69) is 15.0 Å². The van der Waals surface area contributed by atoms with Crippen molar-refractivity contribution in [2.24, 2.45) is 0 Å². The molecule has 3 aromatic rings. The number of carbonyl (C=O) groups excluding carboxylic acids is 1. The van der Waals surface area contributed by atoms with Gasteiger partial charge in [0.05, 0.1) is 35.9 Å². The molecule has 0 N–H and O–H groups in total. The minimum absolute atomic E-state index is 0.0762. The zero-order valence-corrected chi connectivity index (χ0v) is 14.9. The number of amides is 1. The largest absolute Gasteiger partial charge is 0.467 e. The van der Waals surface area contributed by atoms with Crippen LogP contribution in [-0.4, -0.2) is 50.5 Å². The predicted molar refractivity (Wildman–Crippen MR) is 98.8 cm³/mol. The van der Waals surface area contributed by atoms with E-state index in [0.717, 1.165) is 12.8 Å². The van der Waals surface area contributed by atoms with Gasteiger partial charge < -0.3 is 9.64 Å². The number of rotatable bonds is 3. The van der Waals surface area contributed by atoms with E-state index in [1.165, 1.54) is 19.5 Å². The second-order valence-corrected chi connectivity index (χ2v) is 6.48. The number of fused-ring (bicyclic) bond motifs is 1. The smallest absolute Gasteiger partial charge is 0.316 e. The fourth-order valence-electron chi connectivity index (χ4n) is 3.42. The van der Waals surface area contributed by atoms with E-state index >= 15 is 0 Å². The molecule has 27 heavy (non-hydrogen) atoms. The molecule has 138 valence electrons. The third-order valence-electron chi connectivity index (χ3n) is 4.82. The number of ether oxygens (including phenoxy) is 1. The van der Waals surface area contributed by atoms with Crippen LogP contribution >= 0.6 is 0 Å². The summed E-state index contributed by atoms with van der Waals surface area (Å²) in [6, 6.07) is 7.40. The maximum Gasteiger partial charge on any atom is 0.316 e. The molecule has 0 aliphatic carbocycles. The number of para-hydroxylation sites is 1. The molecule has 0 spiro atoms. The Hall–Kier alpha value is -3.29. The van der Waals surface area contributed by atoms with Gasteiger partial charge in [-0.2, -0.15) is 0 Å². The molecule has 0 bridgehead atoms. The molecular weight excluding hydrogens is 346 g/mol. The van der Waals surface area contributed by atoms with Crippen molar-refractivity contribution in [2.45, 2.75) is 18.9 Å². The van der Waals surface area contributed by atoms with Crippen LogP contribution in [0.1, 0.15) is 29.2 Å². The average molecular weight is 365 g/mol. The number of nitrogens with zero attached hydrogens (tertiary/aromatic N) is 5. The van der Waals surface area contributed by atoms with E-state index in [1.807, 2.05) is 18.2 Å². The summed E-state index contributed by atoms with van der Waals surface area (Å²) in [5.74, 6) is -0.149. The maximum absolute atomic E-state index is 12.8. The molecule has 2 aromatic heterocycles. The highest BCUT2D eigenvalue weighted by Crippen LogP contribution is 2.22. The third kappa shape index (κ3) is 3.25. The SMILES string of the molecule is COc1ncc(C(=O)N2CCC[C@H](n3cnc4ccccc4c3=O)C2)cn1. The lowest BCUT2D eigenvalue weighted by Gasteiger charge is -2.33. The Balaban J connectivity index is 1.58. The molecule has 8 heteroatoms. The van der Waals surface area contributed by atoms with Gasteiger partial charge in [0.1, 0.15) is 0 Å². The number of likely N-dealkylation sites (tertiary alicyclic amines) is 1. The van der Waals surface area contributed by atoms with Gasteiger partial charge in [0, 0.05) is 25.5 Å². The Labute approximate surface area is 155 Å².